The van der Waals surface area contributed by atoms with Crippen molar-refractivity contribution < 1.29 is 19.0 Å². The summed E-state index contributed by atoms with van der Waals surface area (Å²) in [4.78, 5) is 28.2. The highest BCUT2D eigenvalue weighted by Crippen LogP contribution is 2.40. The molecule has 0 bridgehead atoms. The van der Waals surface area contributed by atoms with E-state index in [1.807, 2.05) is 0 Å². The van der Waals surface area contributed by atoms with Gasteiger partial charge in [0.25, 0.3) is 0 Å². The fourth-order valence-electron chi connectivity index (χ4n) is 3.35. The zero-order chi connectivity index (χ0) is 21.8. The van der Waals surface area contributed by atoms with Gasteiger partial charge < -0.3 is 24.4 Å². The van der Waals surface area contributed by atoms with Crippen molar-refractivity contribution in [2.75, 3.05) is 50.4 Å². The lowest BCUT2D eigenvalue weighted by Crippen LogP contribution is -2.16. The van der Waals surface area contributed by atoms with E-state index in [9.17, 15) is 4.79 Å². The van der Waals surface area contributed by atoms with Crippen LogP contribution in [0.2, 0.25) is 0 Å². The Balaban J connectivity index is 1.46. The van der Waals surface area contributed by atoms with Crippen LogP contribution in [0.25, 0.3) is 10.3 Å². The van der Waals surface area contributed by atoms with E-state index in [4.69, 9.17) is 14.2 Å². The molecule has 0 unspecified atom stereocenters. The smallest absolute Gasteiger partial charge is 0.234 e. The Morgan fingerprint density at radius 2 is 1.84 bits per heavy atom. The first-order chi connectivity index (χ1) is 15.1. The average molecular weight is 462 g/mol. The van der Waals surface area contributed by atoms with Crippen LogP contribution in [0.3, 0.4) is 0 Å². The van der Waals surface area contributed by atoms with Crippen molar-refractivity contribution in [3.63, 3.8) is 0 Å². The van der Waals surface area contributed by atoms with Crippen molar-refractivity contribution in [2.45, 2.75) is 17.9 Å². The number of nitrogens with zero attached hydrogens (tertiary/aromatic N) is 4. The molecule has 9 nitrogen and oxygen atoms in total. The number of thioether (sulfide) groups is 1. The predicted octanol–water partition coefficient (Wildman–Crippen LogP) is 3.44. The number of ether oxygens (including phenoxy) is 3. The Bertz CT molecular complexity index is 1060. The third-order valence-corrected chi connectivity index (χ3v) is 7.04. The van der Waals surface area contributed by atoms with Crippen LogP contribution in [0.5, 0.6) is 17.2 Å². The van der Waals surface area contributed by atoms with Gasteiger partial charge in [0.15, 0.2) is 22.3 Å². The molecule has 1 saturated heterocycles. The van der Waals surface area contributed by atoms with Crippen LogP contribution in [0, 0.1) is 0 Å². The summed E-state index contributed by atoms with van der Waals surface area (Å²) in [6.45, 7) is 2.04. The Labute approximate surface area is 188 Å². The SMILES string of the molecule is COc1cc(NC(=O)CSc2ncnc3nc(N4CCCC4)sc23)cc(OC)c1OC. The van der Waals surface area contributed by atoms with Gasteiger partial charge in [-0.15, -0.1) is 0 Å². The summed E-state index contributed by atoms with van der Waals surface area (Å²) in [5.41, 5.74) is 1.23. The maximum atomic E-state index is 12.6. The summed E-state index contributed by atoms with van der Waals surface area (Å²) in [7, 11) is 4.60. The maximum Gasteiger partial charge on any atom is 0.234 e. The van der Waals surface area contributed by atoms with Crippen LogP contribution in [0.4, 0.5) is 10.8 Å². The second-order valence-electron chi connectivity index (χ2n) is 6.77. The highest BCUT2D eigenvalue weighted by molar-refractivity contribution is 8.00. The molecule has 0 aliphatic carbocycles. The first kappa shape index (κ1) is 21.4. The molecule has 1 aromatic carbocycles. The molecule has 1 fully saturated rings. The molecular formula is C20H23N5O4S2. The summed E-state index contributed by atoms with van der Waals surface area (Å²) in [6, 6.07) is 3.39. The minimum Gasteiger partial charge on any atom is -0.493 e. The van der Waals surface area contributed by atoms with Crippen LogP contribution >= 0.6 is 23.1 Å². The predicted molar refractivity (Wildman–Crippen MR) is 122 cm³/mol. The van der Waals surface area contributed by atoms with Crippen molar-refractivity contribution in [3.05, 3.63) is 18.5 Å². The van der Waals surface area contributed by atoms with Gasteiger partial charge in [-0.1, -0.05) is 23.1 Å². The zero-order valence-corrected chi connectivity index (χ0v) is 19.1. The van der Waals surface area contributed by atoms with E-state index in [0.29, 0.717) is 28.6 Å². The van der Waals surface area contributed by atoms with Crippen molar-refractivity contribution in [1.82, 2.24) is 15.0 Å². The average Bonchev–Trinajstić information content (AvgIpc) is 3.46. The highest BCUT2D eigenvalue weighted by Gasteiger charge is 2.19. The summed E-state index contributed by atoms with van der Waals surface area (Å²) >= 11 is 2.94. The molecule has 1 aliphatic rings. The third kappa shape index (κ3) is 4.62. The van der Waals surface area contributed by atoms with Crippen LogP contribution in [0.1, 0.15) is 12.8 Å². The van der Waals surface area contributed by atoms with Gasteiger partial charge in [0.2, 0.25) is 11.7 Å². The molecule has 0 saturated carbocycles. The van der Waals surface area contributed by atoms with E-state index < -0.39 is 0 Å². The van der Waals surface area contributed by atoms with E-state index in [-0.39, 0.29) is 11.7 Å². The summed E-state index contributed by atoms with van der Waals surface area (Å²) in [5.74, 6) is 1.44. The number of hydrogen-bond acceptors (Lipinski definition) is 10. The molecule has 11 heteroatoms. The van der Waals surface area contributed by atoms with Gasteiger partial charge in [-0.2, -0.15) is 4.98 Å². The molecule has 0 spiro atoms. The molecule has 1 N–H and O–H groups in total. The molecule has 3 heterocycles. The molecular weight excluding hydrogens is 438 g/mol. The van der Waals surface area contributed by atoms with E-state index in [1.165, 1.54) is 52.3 Å². The number of thiazole rings is 1. The first-order valence-corrected chi connectivity index (χ1v) is 11.5. The minimum absolute atomic E-state index is 0.171. The number of methoxy groups -OCH3 is 3. The maximum absolute atomic E-state index is 12.6. The zero-order valence-electron chi connectivity index (χ0n) is 17.5. The number of nitrogens with one attached hydrogen (secondary N) is 1. The number of fused-ring (bicyclic) bond motifs is 1. The number of amides is 1. The van der Waals surface area contributed by atoms with Gasteiger partial charge >= 0.3 is 0 Å². The lowest BCUT2D eigenvalue weighted by atomic mass is 10.2. The normalized spacial score (nSPS) is 13.5. The van der Waals surface area contributed by atoms with Gasteiger partial charge in [0, 0.05) is 30.9 Å². The molecule has 4 rings (SSSR count). The van der Waals surface area contributed by atoms with Gasteiger partial charge in [-0.05, 0) is 12.8 Å². The molecule has 164 valence electrons. The lowest BCUT2D eigenvalue weighted by Gasteiger charge is -2.14. The molecule has 0 atom stereocenters. The summed E-state index contributed by atoms with van der Waals surface area (Å²) in [6.07, 6.45) is 3.86. The van der Waals surface area contributed by atoms with E-state index in [1.54, 1.807) is 23.5 Å². The van der Waals surface area contributed by atoms with E-state index in [2.05, 4.69) is 25.2 Å². The summed E-state index contributed by atoms with van der Waals surface area (Å²) < 4.78 is 16.9. The quantitative estimate of drug-likeness (QED) is 0.399. The van der Waals surface area contributed by atoms with Crippen molar-refractivity contribution in [3.8, 4) is 17.2 Å². The molecule has 0 radical (unpaired) electrons. The number of aromatic nitrogens is 3. The van der Waals surface area contributed by atoms with Crippen LogP contribution in [-0.4, -0.2) is 61.0 Å². The number of anilines is 2. The third-order valence-electron chi connectivity index (χ3n) is 4.81. The van der Waals surface area contributed by atoms with Gasteiger partial charge in [0.05, 0.1) is 27.1 Å². The minimum atomic E-state index is -0.171. The second-order valence-corrected chi connectivity index (χ2v) is 8.71. The topological polar surface area (TPSA) is 98.7 Å². The molecule has 1 amide bonds. The van der Waals surface area contributed by atoms with Gasteiger partial charge in [-0.25, -0.2) is 9.97 Å². The monoisotopic (exact) mass is 461 g/mol. The Morgan fingerprint density at radius 3 is 2.48 bits per heavy atom. The van der Waals surface area contributed by atoms with Crippen LogP contribution < -0.4 is 24.4 Å². The van der Waals surface area contributed by atoms with E-state index >= 15 is 0 Å². The molecule has 31 heavy (non-hydrogen) atoms. The molecule has 3 aromatic rings. The Hall–Kier alpha value is -2.79. The summed E-state index contributed by atoms with van der Waals surface area (Å²) in [5, 5.41) is 4.60. The number of carbonyl (C=O) groups is 1. The molecule has 2 aromatic heterocycles. The van der Waals surface area contributed by atoms with Crippen LogP contribution in [-0.2, 0) is 4.79 Å². The Morgan fingerprint density at radius 1 is 1.13 bits per heavy atom. The van der Waals surface area contributed by atoms with Crippen molar-refractivity contribution in [1.29, 1.82) is 0 Å². The lowest BCUT2D eigenvalue weighted by molar-refractivity contribution is -0.113. The first-order valence-electron chi connectivity index (χ1n) is 9.72. The highest BCUT2D eigenvalue weighted by atomic mass is 32.2. The number of rotatable bonds is 8. The molecule has 1 aliphatic heterocycles. The van der Waals surface area contributed by atoms with Crippen LogP contribution in [0.15, 0.2) is 23.5 Å². The fraction of sp³-hybridized carbons (Fsp3) is 0.400. The number of carbonyl (C=O) groups excluding carboxylic acids is 1. The van der Waals surface area contributed by atoms with Crippen molar-refractivity contribution in [2.24, 2.45) is 0 Å². The second kappa shape index (κ2) is 9.56. The number of benzene rings is 1. The number of hydrogen-bond donors (Lipinski definition) is 1. The standard InChI is InChI=1S/C20H23N5O4S2/c1-27-13-8-12(9-14(28-2)16(13)29-3)23-15(26)10-30-19-17-18(21-11-22-19)24-20(31-17)25-6-4-5-7-25/h8-9,11H,4-7,10H2,1-3H3,(H,23,26). The largest absolute Gasteiger partial charge is 0.493 e. The van der Waals surface area contributed by atoms with Gasteiger partial charge in [-0.3, -0.25) is 4.79 Å². The van der Waals surface area contributed by atoms with E-state index in [0.717, 1.165) is 27.9 Å². The van der Waals surface area contributed by atoms with Crippen molar-refractivity contribution >= 4 is 50.2 Å². The fourth-order valence-corrected chi connectivity index (χ4v) is 5.30. The Kier molecular flexibility index (Phi) is 6.62. The van der Waals surface area contributed by atoms with Gasteiger partial charge in [0.1, 0.15) is 16.1 Å².